The first-order valence-corrected chi connectivity index (χ1v) is 11.9. The lowest BCUT2D eigenvalue weighted by atomic mass is 10.0. The van der Waals surface area contributed by atoms with Gasteiger partial charge in [0.05, 0.1) is 11.4 Å². The number of fused-ring (bicyclic) bond motifs is 2. The van der Waals surface area contributed by atoms with Crippen LogP contribution in [0.4, 0.5) is 15.8 Å². The third kappa shape index (κ3) is 3.54. The highest BCUT2D eigenvalue weighted by Gasteiger charge is 2.61. The van der Waals surface area contributed by atoms with E-state index in [9.17, 15) is 18.8 Å². The molecule has 172 valence electrons. The summed E-state index contributed by atoms with van der Waals surface area (Å²) in [4.78, 5) is 41.4. The molecule has 5 rings (SSSR count). The minimum Gasteiger partial charge on any atom is -0.350 e. The van der Waals surface area contributed by atoms with Crippen LogP contribution in [0.15, 0.2) is 72.8 Å². The molecule has 2 aliphatic heterocycles. The molecule has 34 heavy (non-hydrogen) atoms. The lowest BCUT2D eigenvalue weighted by molar-refractivity contribution is -0.125. The smallest absolute Gasteiger partial charge is 0.269 e. The Labute approximate surface area is 200 Å². The molecule has 0 aliphatic carbocycles. The van der Waals surface area contributed by atoms with E-state index in [0.29, 0.717) is 23.5 Å². The number of para-hydroxylation sites is 1. The van der Waals surface area contributed by atoms with Crippen molar-refractivity contribution in [3.8, 4) is 0 Å². The van der Waals surface area contributed by atoms with Gasteiger partial charge in [-0.2, -0.15) is 0 Å². The van der Waals surface area contributed by atoms with Crippen LogP contribution in [0.1, 0.15) is 16.7 Å². The largest absolute Gasteiger partial charge is 0.350 e. The van der Waals surface area contributed by atoms with Crippen LogP contribution in [-0.2, 0) is 25.8 Å². The van der Waals surface area contributed by atoms with Crippen LogP contribution < -0.4 is 15.1 Å². The molecular weight excluding hydrogens is 453 g/mol. The SMILES string of the molecule is Cc1cccc2c1N(CC(=O)NCc1ccccc1)C(=O)[C@]21SCC(=O)N1c1ccc(F)cc1. The van der Waals surface area contributed by atoms with Gasteiger partial charge in [-0.3, -0.25) is 24.2 Å². The molecule has 3 aromatic carbocycles. The van der Waals surface area contributed by atoms with Crippen molar-refractivity contribution in [1.29, 1.82) is 0 Å². The molecule has 0 saturated carbocycles. The van der Waals surface area contributed by atoms with Gasteiger partial charge in [0.1, 0.15) is 12.4 Å². The van der Waals surface area contributed by atoms with Crippen LogP contribution >= 0.6 is 11.8 Å². The number of carbonyl (C=O) groups is 3. The molecule has 1 spiro atoms. The highest BCUT2D eigenvalue weighted by atomic mass is 32.2. The van der Waals surface area contributed by atoms with Crippen molar-refractivity contribution in [2.45, 2.75) is 18.3 Å². The fourth-order valence-corrected chi connectivity index (χ4v) is 5.93. The van der Waals surface area contributed by atoms with E-state index in [1.165, 1.54) is 45.8 Å². The number of aryl methyl sites for hydroxylation is 1. The van der Waals surface area contributed by atoms with Gasteiger partial charge in [-0.05, 0) is 42.3 Å². The molecule has 2 aliphatic rings. The number of hydrogen-bond acceptors (Lipinski definition) is 4. The third-order valence-electron chi connectivity index (χ3n) is 6.10. The number of anilines is 2. The fraction of sp³-hybridized carbons (Fsp3) is 0.192. The summed E-state index contributed by atoms with van der Waals surface area (Å²) >= 11 is 1.23. The molecular formula is C26H22FN3O3S. The van der Waals surface area contributed by atoms with Gasteiger partial charge in [0, 0.05) is 17.8 Å². The van der Waals surface area contributed by atoms with Gasteiger partial charge in [-0.15, -0.1) is 11.8 Å². The van der Waals surface area contributed by atoms with Crippen molar-refractivity contribution < 1.29 is 18.8 Å². The maximum absolute atomic E-state index is 14.0. The topological polar surface area (TPSA) is 69.7 Å². The van der Waals surface area contributed by atoms with Gasteiger partial charge in [0.15, 0.2) is 0 Å². The summed E-state index contributed by atoms with van der Waals surface area (Å²) in [6, 6.07) is 20.6. The van der Waals surface area contributed by atoms with Gasteiger partial charge in [-0.1, -0.05) is 48.5 Å². The summed E-state index contributed by atoms with van der Waals surface area (Å²) in [6.45, 7) is 2.06. The molecule has 0 radical (unpaired) electrons. The molecule has 1 fully saturated rings. The summed E-state index contributed by atoms with van der Waals surface area (Å²) in [5, 5.41) is 2.87. The molecule has 2 heterocycles. The van der Waals surface area contributed by atoms with Gasteiger partial charge < -0.3 is 5.32 Å². The second kappa shape index (κ2) is 8.61. The standard InChI is InChI=1S/C26H22FN3O3S/c1-17-6-5-9-21-24(17)29(15-22(31)28-14-18-7-3-2-4-8-18)25(33)26(21)30(23(32)16-34-26)20-12-10-19(27)11-13-20/h2-13H,14-16H2,1H3,(H,28,31)/t26-/m1/s1. The van der Waals surface area contributed by atoms with Crippen LogP contribution in [0.3, 0.4) is 0 Å². The third-order valence-corrected chi connectivity index (χ3v) is 7.48. The van der Waals surface area contributed by atoms with Gasteiger partial charge >= 0.3 is 0 Å². The summed E-state index contributed by atoms with van der Waals surface area (Å²) in [5.41, 5.74) is 3.52. The Morgan fingerprint density at radius 3 is 2.50 bits per heavy atom. The van der Waals surface area contributed by atoms with Crippen LogP contribution in [0, 0.1) is 12.7 Å². The average Bonchev–Trinajstić information content (AvgIpc) is 3.30. The Morgan fingerprint density at radius 2 is 1.76 bits per heavy atom. The number of rotatable bonds is 5. The second-order valence-corrected chi connectivity index (χ2v) is 9.43. The Bertz CT molecular complexity index is 1280. The zero-order valence-corrected chi connectivity index (χ0v) is 19.3. The predicted octanol–water partition coefficient (Wildman–Crippen LogP) is 3.73. The van der Waals surface area contributed by atoms with Crippen molar-refractivity contribution >= 4 is 40.9 Å². The van der Waals surface area contributed by atoms with E-state index in [0.717, 1.165) is 11.1 Å². The molecule has 3 amide bonds. The quantitative estimate of drug-likeness (QED) is 0.611. The zero-order chi connectivity index (χ0) is 23.9. The molecule has 0 bridgehead atoms. The number of halogens is 1. The van der Waals surface area contributed by atoms with E-state index in [-0.39, 0.29) is 30.0 Å². The number of nitrogens with zero attached hydrogens (tertiary/aromatic N) is 2. The van der Waals surface area contributed by atoms with Crippen molar-refractivity contribution in [1.82, 2.24) is 5.32 Å². The Morgan fingerprint density at radius 1 is 1.03 bits per heavy atom. The second-order valence-electron chi connectivity index (χ2n) is 8.26. The van der Waals surface area contributed by atoms with Crippen LogP contribution in [0.5, 0.6) is 0 Å². The molecule has 8 heteroatoms. The van der Waals surface area contributed by atoms with Crippen LogP contribution in [-0.4, -0.2) is 30.0 Å². The van der Waals surface area contributed by atoms with E-state index in [4.69, 9.17) is 0 Å². The van der Waals surface area contributed by atoms with E-state index in [1.54, 1.807) is 0 Å². The molecule has 1 saturated heterocycles. The minimum atomic E-state index is -1.34. The maximum Gasteiger partial charge on any atom is 0.269 e. The predicted molar refractivity (Wildman–Crippen MR) is 130 cm³/mol. The highest BCUT2D eigenvalue weighted by Crippen LogP contribution is 2.56. The van der Waals surface area contributed by atoms with Gasteiger partial charge in [0.25, 0.3) is 5.91 Å². The maximum atomic E-state index is 14.0. The number of hydrogen-bond donors (Lipinski definition) is 1. The zero-order valence-electron chi connectivity index (χ0n) is 18.5. The van der Waals surface area contributed by atoms with Crippen LogP contribution in [0.25, 0.3) is 0 Å². The van der Waals surface area contributed by atoms with E-state index >= 15 is 0 Å². The van der Waals surface area contributed by atoms with Crippen molar-refractivity contribution in [3.63, 3.8) is 0 Å². The van der Waals surface area contributed by atoms with Crippen LogP contribution in [0.2, 0.25) is 0 Å². The summed E-state index contributed by atoms with van der Waals surface area (Å²) in [6.07, 6.45) is 0. The van der Waals surface area contributed by atoms with Crippen molar-refractivity contribution in [3.05, 3.63) is 95.3 Å². The van der Waals surface area contributed by atoms with Gasteiger partial charge in [0.2, 0.25) is 16.7 Å². The van der Waals surface area contributed by atoms with Crippen molar-refractivity contribution in [2.24, 2.45) is 0 Å². The molecule has 0 unspecified atom stereocenters. The lowest BCUT2D eigenvalue weighted by Gasteiger charge is -2.33. The first-order chi connectivity index (χ1) is 16.4. The summed E-state index contributed by atoms with van der Waals surface area (Å²) < 4.78 is 13.6. The number of benzene rings is 3. The lowest BCUT2D eigenvalue weighted by Crippen LogP contribution is -2.51. The molecule has 3 aromatic rings. The first-order valence-electron chi connectivity index (χ1n) is 10.9. The molecule has 1 N–H and O–H groups in total. The number of thioether (sulfide) groups is 1. The normalized spacial score (nSPS) is 19.1. The Hall–Kier alpha value is -3.65. The monoisotopic (exact) mass is 475 g/mol. The molecule has 6 nitrogen and oxygen atoms in total. The van der Waals surface area contributed by atoms with Gasteiger partial charge in [-0.25, -0.2) is 4.39 Å². The number of amides is 3. The van der Waals surface area contributed by atoms with E-state index in [1.807, 2.05) is 55.5 Å². The first kappa shape index (κ1) is 22.2. The minimum absolute atomic E-state index is 0.102. The van der Waals surface area contributed by atoms with Crippen molar-refractivity contribution in [2.75, 3.05) is 22.1 Å². The van der Waals surface area contributed by atoms with E-state index < -0.39 is 10.7 Å². The molecule has 0 aromatic heterocycles. The summed E-state index contributed by atoms with van der Waals surface area (Å²) in [5.74, 6) is -1.22. The summed E-state index contributed by atoms with van der Waals surface area (Å²) in [7, 11) is 0. The van der Waals surface area contributed by atoms with E-state index in [2.05, 4.69) is 5.32 Å². The molecule has 1 atom stereocenters. The highest BCUT2D eigenvalue weighted by molar-refractivity contribution is 8.02. The fourth-order valence-electron chi connectivity index (χ4n) is 4.58. The number of carbonyl (C=O) groups excluding carboxylic acids is 3. The Kier molecular flexibility index (Phi) is 5.61. The number of nitrogens with one attached hydrogen (secondary N) is 1. The Balaban J connectivity index is 1.50. The average molecular weight is 476 g/mol.